The molecule has 120 valence electrons. The van der Waals surface area contributed by atoms with E-state index in [1.54, 1.807) is 6.07 Å². The van der Waals surface area contributed by atoms with Crippen LogP contribution < -0.4 is 11.4 Å². The Hall–Kier alpha value is -1.56. The summed E-state index contributed by atoms with van der Waals surface area (Å²) in [5.41, 5.74) is 8.03. The summed E-state index contributed by atoms with van der Waals surface area (Å²) < 4.78 is 14.1. The summed E-state index contributed by atoms with van der Waals surface area (Å²) in [6, 6.07) is 5.64. The molecule has 1 fully saturated rings. The second-order valence-electron chi connectivity index (χ2n) is 6.04. The maximum atomic E-state index is 12.4. The number of nitrogens with one attached hydrogen (secondary N) is 1. The number of nitrogens with zero attached hydrogens (tertiary/aromatic N) is 1. The first-order valence-corrected chi connectivity index (χ1v) is 9.35. The first kappa shape index (κ1) is 15.3. The van der Waals surface area contributed by atoms with Crippen molar-refractivity contribution in [3.8, 4) is 0 Å². The molecule has 1 aliphatic carbocycles. The fourth-order valence-corrected chi connectivity index (χ4v) is 4.85. The summed E-state index contributed by atoms with van der Waals surface area (Å²) in [7, 11) is -0.796. The SMILES string of the molecule is CCS(=O)C1CCCCC(n2c(=O)[nH]c3cc(N)ccc32)C1. The molecule has 0 saturated heterocycles. The first-order chi connectivity index (χ1) is 10.6. The number of imidazole rings is 1. The number of hydrogen-bond acceptors (Lipinski definition) is 3. The van der Waals surface area contributed by atoms with E-state index in [-0.39, 0.29) is 17.0 Å². The van der Waals surface area contributed by atoms with Crippen molar-refractivity contribution in [2.45, 2.75) is 50.3 Å². The molecule has 22 heavy (non-hydrogen) atoms. The molecule has 2 aromatic rings. The van der Waals surface area contributed by atoms with Gasteiger partial charge in [0, 0.05) is 33.5 Å². The minimum absolute atomic E-state index is 0.0893. The third-order valence-corrected chi connectivity index (χ3v) is 6.35. The number of aromatic nitrogens is 2. The maximum absolute atomic E-state index is 12.4. The van der Waals surface area contributed by atoms with Crippen molar-refractivity contribution in [2.75, 3.05) is 11.5 Å². The molecule has 3 N–H and O–H groups in total. The Morgan fingerprint density at radius 1 is 1.36 bits per heavy atom. The van der Waals surface area contributed by atoms with E-state index >= 15 is 0 Å². The lowest BCUT2D eigenvalue weighted by Gasteiger charge is -2.20. The zero-order valence-corrected chi connectivity index (χ0v) is 13.7. The molecule has 3 rings (SSSR count). The molecule has 3 unspecified atom stereocenters. The first-order valence-electron chi connectivity index (χ1n) is 7.97. The topological polar surface area (TPSA) is 80.9 Å². The number of rotatable bonds is 3. The van der Waals surface area contributed by atoms with Crippen molar-refractivity contribution >= 4 is 27.5 Å². The van der Waals surface area contributed by atoms with Crippen LogP contribution in [-0.2, 0) is 10.8 Å². The second-order valence-corrected chi connectivity index (χ2v) is 8.05. The van der Waals surface area contributed by atoms with E-state index in [0.29, 0.717) is 11.4 Å². The van der Waals surface area contributed by atoms with Gasteiger partial charge in [-0.3, -0.25) is 8.78 Å². The summed E-state index contributed by atoms with van der Waals surface area (Å²) in [4.78, 5) is 15.3. The highest BCUT2D eigenvalue weighted by molar-refractivity contribution is 7.85. The molecule has 0 radical (unpaired) electrons. The quantitative estimate of drug-likeness (QED) is 0.673. The van der Waals surface area contributed by atoms with Crippen LogP contribution in [0.4, 0.5) is 5.69 Å². The highest BCUT2D eigenvalue weighted by Gasteiger charge is 2.26. The summed E-state index contributed by atoms with van der Waals surface area (Å²) in [6.07, 6.45) is 4.96. The van der Waals surface area contributed by atoms with Crippen molar-refractivity contribution in [3.05, 3.63) is 28.7 Å². The Labute approximate surface area is 132 Å². The monoisotopic (exact) mass is 321 g/mol. The molecular formula is C16H23N3O2S. The van der Waals surface area contributed by atoms with Gasteiger partial charge in [-0.15, -0.1) is 0 Å². The number of benzene rings is 1. The minimum Gasteiger partial charge on any atom is -0.399 e. The average Bonchev–Trinajstić information content (AvgIpc) is 2.68. The summed E-state index contributed by atoms with van der Waals surface area (Å²) in [6.45, 7) is 1.97. The number of H-pyrrole nitrogens is 1. The highest BCUT2D eigenvalue weighted by atomic mass is 32.2. The fraction of sp³-hybridized carbons (Fsp3) is 0.562. The van der Waals surface area contributed by atoms with Crippen molar-refractivity contribution in [1.29, 1.82) is 0 Å². The Morgan fingerprint density at radius 3 is 2.91 bits per heavy atom. The van der Waals surface area contributed by atoms with E-state index in [1.807, 2.05) is 23.6 Å². The highest BCUT2D eigenvalue weighted by Crippen LogP contribution is 2.31. The van der Waals surface area contributed by atoms with Gasteiger partial charge in [-0.05, 0) is 37.5 Å². The van der Waals surface area contributed by atoms with E-state index in [4.69, 9.17) is 5.73 Å². The Bertz CT molecular complexity index is 749. The molecule has 1 heterocycles. The van der Waals surface area contributed by atoms with Gasteiger partial charge in [0.15, 0.2) is 0 Å². The van der Waals surface area contributed by atoms with E-state index < -0.39 is 10.8 Å². The van der Waals surface area contributed by atoms with Crippen LogP contribution in [0, 0.1) is 0 Å². The lowest BCUT2D eigenvalue weighted by molar-refractivity contribution is 0.445. The largest absolute Gasteiger partial charge is 0.399 e. The predicted molar refractivity (Wildman–Crippen MR) is 91.6 cm³/mol. The van der Waals surface area contributed by atoms with Gasteiger partial charge in [0.2, 0.25) is 0 Å². The number of fused-ring (bicyclic) bond motifs is 1. The maximum Gasteiger partial charge on any atom is 0.326 e. The summed E-state index contributed by atoms with van der Waals surface area (Å²) in [5.74, 6) is 0.691. The van der Waals surface area contributed by atoms with Crippen LogP contribution in [0.1, 0.15) is 45.1 Å². The number of nitrogens with two attached hydrogens (primary N) is 1. The molecule has 5 nitrogen and oxygen atoms in total. The molecule has 0 amide bonds. The van der Waals surface area contributed by atoms with Crippen molar-refractivity contribution in [1.82, 2.24) is 9.55 Å². The third kappa shape index (κ3) is 2.84. The van der Waals surface area contributed by atoms with E-state index in [0.717, 1.165) is 43.1 Å². The number of aromatic amines is 1. The zero-order valence-electron chi connectivity index (χ0n) is 12.9. The Balaban J connectivity index is 2.00. The molecule has 3 atom stereocenters. The smallest absolute Gasteiger partial charge is 0.326 e. The molecule has 1 saturated carbocycles. The number of anilines is 1. The molecular weight excluding hydrogens is 298 g/mol. The van der Waals surface area contributed by atoms with Gasteiger partial charge in [0.05, 0.1) is 11.0 Å². The normalized spacial score (nSPS) is 24.2. The molecule has 6 heteroatoms. The molecule has 1 aliphatic rings. The average molecular weight is 321 g/mol. The van der Waals surface area contributed by atoms with Gasteiger partial charge in [-0.2, -0.15) is 0 Å². The van der Waals surface area contributed by atoms with Gasteiger partial charge in [0.25, 0.3) is 0 Å². The van der Waals surface area contributed by atoms with Crippen molar-refractivity contribution in [3.63, 3.8) is 0 Å². The number of nitrogen functional groups attached to an aromatic ring is 1. The number of hydrogen-bond donors (Lipinski definition) is 2. The Kier molecular flexibility index (Phi) is 4.38. The molecule has 0 bridgehead atoms. The van der Waals surface area contributed by atoms with Crippen molar-refractivity contribution < 1.29 is 4.21 Å². The minimum atomic E-state index is -0.796. The Morgan fingerprint density at radius 2 is 2.14 bits per heavy atom. The van der Waals surface area contributed by atoms with Crippen LogP contribution in [0.2, 0.25) is 0 Å². The van der Waals surface area contributed by atoms with Gasteiger partial charge >= 0.3 is 5.69 Å². The van der Waals surface area contributed by atoms with Gasteiger partial charge in [0.1, 0.15) is 0 Å². The van der Waals surface area contributed by atoms with Crippen LogP contribution >= 0.6 is 0 Å². The van der Waals surface area contributed by atoms with Crippen LogP contribution in [0.5, 0.6) is 0 Å². The van der Waals surface area contributed by atoms with E-state index in [1.165, 1.54) is 0 Å². The summed E-state index contributed by atoms with van der Waals surface area (Å²) in [5, 5.41) is 0.197. The van der Waals surface area contributed by atoms with E-state index in [9.17, 15) is 9.00 Å². The van der Waals surface area contributed by atoms with Crippen molar-refractivity contribution in [2.24, 2.45) is 0 Å². The third-order valence-electron chi connectivity index (χ3n) is 4.61. The van der Waals surface area contributed by atoms with Gasteiger partial charge < -0.3 is 10.7 Å². The lowest BCUT2D eigenvalue weighted by atomic mass is 10.1. The van der Waals surface area contributed by atoms with Crippen LogP contribution in [-0.4, -0.2) is 24.8 Å². The second kappa shape index (κ2) is 6.28. The van der Waals surface area contributed by atoms with E-state index in [2.05, 4.69) is 4.98 Å². The van der Waals surface area contributed by atoms with Crippen LogP contribution in [0.15, 0.2) is 23.0 Å². The molecule has 1 aromatic heterocycles. The van der Waals surface area contributed by atoms with Gasteiger partial charge in [-0.1, -0.05) is 19.8 Å². The molecule has 1 aromatic carbocycles. The fourth-order valence-electron chi connectivity index (χ4n) is 3.51. The van der Waals surface area contributed by atoms with Crippen LogP contribution in [0.25, 0.3) is 11.0 Å². The standard InChI is InChI=1S/C16H23N3O2S/c1-2-22(21)13-6-4-3-5-12(10-13)19-15-8-7-11(17)9-14(15)18-16(19)20/h7-9,12-13H,2-6,10,17H2,1H3,(H,18,20). The molecule has 0 aliphatic heterocycles. The molecule has 0 spiro atoms. The van der Waals surface area contributed by atoms with Crippen LogP contribution in [0.3, 0.4) is 0 Å². The lowest BCUT2D eigenvalue weighted by Crippen LogP contribution is -2.26. The summed E-state index contributed by atoms with van der Waals surface area (Å²) >= 11 is 0. The zero-order chi connectivity index (χ0) is 15.7. The predicted octanol–water partition coefficient (Wildman–Crippen LogP) is 2.55. The van der Waals surface area contributed by atoms with Gasteiger partial charge in [-0.25, -0.2) is 4.79 Å².